The van der Waals surface area contributed by atoms with E-state index in [0.717, 1.165) is 12.8 Å². The summed E-state index contributed by atoms with van der Waals surface area (Å²) in [5.41, 5.74) is 0. The number of unbranched alkanes of at least 4 members (excludes halogenated alkanes) is 10. The number of hydrogen-bond donors (Lipinski definition) is 0. The molecule has 0 spiro atoms. The van der Waals surface area contributed by atoms with Crippen molar-refractivity contribution in [3.05, 3.63) is 0 Å². The Morgan fingerprint density at radius 3 is 1.37 bits per heavy atom. The highest BCUT2D eigenvalue weighted by Crippen LogP contribution is 2.17. The highest BCUT2D eigenvalue weighted by Gasteiger charge is 2.06. The van der Waals surface area contributed by atoms with Gasteiger partial charge in [-0.15, -0.1) is 0 Å². The molecule has 0 aromatic carbocycles. The fourth-order valence-corrected chi connectivity index (χ4v) is 2.65. The van der Waals surface area contributed by atoms with Crippen molar-refractivity contribution in [3.63, 3.8) is 0 Å². The molecular weight excluding hydrogens is 232 g/mol. The first-order chi connectivity index (χ1) is 9.35. The van der Waals surface area contributed by atoms with Crippen LogP contribution in [0.25, 0.3) is 0 Å². The molecule has 0 saturated carbocycles. The Kier molecular flexibility index (Phi) is 15.5. The van der Waals surface area contributed by atoms with Gasteiger partial charge in [0.1, 0.15) is 6.29 Å². The third kappa shape index (κ3) is 13.9. The molecule has 1 atom stereocenters. The molecule has 114 valence electrons. The van der Waals surface area contributed by atoms with Crippen LogP contribution in [0.2, 0.25) is 0 Å². The first-order valence-electron chi connectivity index (χ1n) is 8.80. The van der Waals surface area contributed by atoms with Crippen molar-refractivity contribution in [3.8, 4) is 0 Å². The quantitative estimate of drug-likeness (QED) is 0.251. The summed E-state index contributed by atoms with van der Waals surface area (Å²) in [6, 6.07) is 0. The lowest BCUT2D eigenvalue weighted by Gasteiger charge is -2.09. The minimum atomic E-state index is 0.345. The van der Waals surface area contributed by atoms with Crippen LogP contribution in [0.15, 0.2) is 0 Å². The summed E-state index contributed by atoms with van der Waals surface area (Å²) in [5, 5.41) is 0. The van der Waals surface area contributed by atoms with Crippen LogP contribution in [0.5, 0.6) is 0 Å². The average Bonchev–Trinajstić information content (AvgIpc) is 2.44. The summed E-state index contributed by atoms with van der Waals surface area (Å²) in [4.78, 5) is 11.0. The molecule has 1 heteroatoms. The van der Waals surface area contributed by atoms with E-state index < -0.39 is 0 Å². The lowest BCUT2D eigenvalue weighted by atomic mass is 9.95. The number of carbonyl (C=O) groups is 1. The fraction of sp³-hybridized carbons (Fsp3) is 0.944. The minimum absolute atomic E-state index is 0.345. The fourth-order valence-electron chi connectivity index (χ4n) is 2.65. The first-order valence-corrected chi connectivity index (χ1v) is 8.80. The molecule has 19 heavy (non-hydrogen) atoms. The predicted octanol–water partition coefficient (Wildman–Crippen LogP) is 6.30. The van der Waals surface area contributed by atoms with Crippen molar-refractivity contribution in [2.45, 2.75) is 104 Å². The summed E-state index contributed by atoms with van der Waals surface area (Å²) in [5.74, 6) is 0.345. The number of rotatable bonds is 15. The van der Waals surface area contributed by atoms with Gasteiger partial charge in [0.15, 0.2) is 0 Å². The Morgan fingerprint density at radius 2 is 1.00 bits per heavy atom. The van der Waals surface area contributed by atoms with Crippen molar-refractivity contribution in [1.29, 1.82) is 0 Å². The van der Waals surface area contributed by atoms with E-state index in [-0.39, 0.29) is 0 Å². The van der Waals surface area contributed by atoms with Gasteiger partial charge in [-0.1, -0.05) is 90.9 Å². The monoisotopic (exact) mass is 268 g/mol. The van der Waals surface area contributed by atoms with Crippen LogP contribution in [0.1, 0.15) is 104 Å². The molecule has 1 nitrogen and oxygen atoms in total. The van der Waals surface area contributed by atoms with Crippen LogP contribution in [0.4, 0.5) is 0 Å². The van der Waals surface area contributed by atoms with E-state index in [4.69, 9.17) is 0 Å². The molecule has 0 rings (SSSR count). The molecular formula is C18H36O. The lowest BCUT2D eigenvalue weighted by molar-refractivity contribution is -0.111. The molecule has 0 heterocycles. The molecule has 0 radical (unpaired) electrons. The van der Waals surface area contributed by atoms with Gasteiger partial charge in [0.25, 0.3) is 0 Å². The van der Waals surface area contributed by atoms with Gasteiger partial charge < -0.3 is 4.79 Å². The van der Waals surface area contributed by atoms with E-state index in [1.165, 1.54) is 83.3 Å². The van der Waals surface area contributed by atoms with Gasteiger partial charge in [-0.2, -0.15) is 0 Å². The molecule has 0 aromatic heterocycles. The standard InChI is InChI=1S/C18H36O/c1-3-5-7-9-10-12-14-16-18(17-19)15-13-11-8-6-4-2/h17-18H,3-16H2,1-2H3. The van der Waals surface area contributed by atoms with Crippen LogP contribution >= 0.6 is 0 Å². The largest absolute Gasteiger partial charge is 0.303 e. The SMILES string of the molecule is CCCCCCCCCC(C=O)CCCCCCC. The first kappa shape index (κ1) is 18.7. The second-order valence-electron chi connectivity index (χ2n) is 6.01. The van der Waals surface area contributed by atoms with E-state index in [1.807, 2.05) is 0 Å². The molecule has 0 aromatic rings. The second kappa shape index (κ2) is 15.7. The Morgan fingerprint density at radius 1 is 0.632 bits per heavy atom. The summed E-state index contributed by atoms with van der Waals surface area (Å²) in [6.07, 6.45) is 19.5. The topological polar surface area (TPSA) is 17.1 Å². The number of aldehydes is 1. The van der Waals surface area contributed by atoms with Crippen molar-refractivity contribution in [1.82, 2.24) is 0 Å². The van der Waals surface area contributed by atoms with Crippen LogP contribution < -0.4 is 0 Å². The van der Waals surface area contributed by atoms with Gasteiger partial charge in [0.05, 0.1) is 0 Å². The maximum Gasteiger partial charge on any atom is 0.123 e. The smallest absolute Gasteiger partial charge is 0.123 e. The van der Waals surface area contributed by atoms with E-state index >= 15 is 0 Å². The lowest BCUT2D eigenvalue weighted by Crippen LogP contribution is -2.02. The number of carbonyl (C=O) groups excluding carboxylic acids is 1. The van der Waals surface area contributed by atoms with Crippen molar-refractivity contribution >= 4 is 6.29 Å². The van der Waals surface area contributed by atoms with Crippen LogP contribution in [0, 0.1) is 5.92 Å². The summed E-state index contributed by atoms with van der Waals surface area (Å²) < 4.78 is 0. The van der Waals surface area contributed by atoms with Gasteiger partial charge >= 0.3 is 0 Å². The predicted molar refractivity (Wildman–Crippen MR) is 85.5 cm³/mol. The zero-order valence-corrected chi connectivity index (χ0v) is 13.5. The molecule has 1 unspecified atom stereocenters. The average molecular weight is 268 g/mol. The van der Waals surface area contributed by atoms with Gasteiger partial charge in [-0.05, 0) is 12.8 Å². The third-order valence-electron chi connectivity index (χ3n) is 4.05. The zero-order valence-electron chi connectivity index (χ0n) is 13.5. The van der Waals surface area contributed by atoms with E-state index in [1.54, 1.807) is 0 Å². The van der Waals surface area contributed by atoms with Gasteiger partial charge in [0, 0.05) is 5.92 Å². The van der Waals surface area contributed by atoms with Crippen LogP contribution in [0.3, 0.4) is 0 Å². The van der Waals surface area contributed by atoms with E-state index in [9.17, 15) is 4.79 Å². The highest BCUT2D eigenvalue weighted by molar-refractivity contribution is 5.53. The molecule has 0 aliphatic heterocycles. The maximum atomic E-state index is 11.0. The van der Waals surface area contributed by atoms with Crippen LogP contribution in [-0.2, 0) is 4.79 Å². The molecule has 0 aliphatic carbocycles. The highest BCUT2D eigenvalue weighted by atomic mass is 16.1. The minimum Gasteiger partial charge on any atom is -0.303 e. The van der Waals surface area contributed by atoms with Gasteiger partial charge in [-0.3, -0.25) is 0 Å². The van der Waals surface area contributed by atoms with E-state index in [0.29, 0.717) is 5.92 Å². The Balaban J connectivity index is 3.31. The van der Waals surface area contributed by atoms with Crippen molar-refractivity contribution < 1.29 is 4.79 Å². The van der Waals surface area contributed by atoms with Crippen molar-refractivity contribution in [2.75, 3.05) is 0 Å². The Bertz CT molecular complexity index is 177. The third-order valence-corrected chi connectivity index (χ3v) is 4.05. The van der Waals surface area contributed by atoms with Crippen LogP contribution in [-0.4, -0.2) is 6.29 Å². The summed E-state index contributed by atoms with van der Waals surface area (Å²) in [7, 11) is 0. The molecule has 0 bridgehead atoms. The molecule has 0 saturated heterocycles. The van der Waals surface area contributed by atoms with Gasteiger partial charge in [-0.25, -0.2) is 0 Å². The van der Waals surface area contributed by atoms with E-state index in [2.05, 4.69) is 13.8 Å². The maximum absolute atomic E-state index is 11.0. The normalized spacial score (nSPS) is 12.5. The summed E-state index contributed by atoms with van der Waals surface area (Å²) >= 11 is 0. The zero-order chi connectivity index (χ0) is 14.2. The Hall–Kier alpha value is -0.330. The molecule has 0 aliphatic rings. The molecule has 0 N–H and O–H groups in total. The molecule has 0 fully saturated rings. The summed E-state index contributed by atoms with van der Waals surface area (Å²) in [6.45, 7) is 4.50. The second-order valence-corrected chi connectivity index (χ2v) is 6.01. The Labute approximate surface area is 121 Å². The van der Waals surface area contributed by atoms with Crippen molar-refractivity contribution in [2.24, 2.45) is 5.92 Å². The number of hydrogen-bond acceptors (Lipinski definition) is 1. The van der Waals surface area contributed by atoms with Gasteiger partial charge in [0.2, 0.25) is 0 Å². The molecule has 0 amide bonds.